The third-order valence-corrected chi connectivity index (χ3v) is 3.57. The number of rotatable bonds is 5. The first kappa shape index (κ1) is 12.0. The predicted octanol–water partition coefficient (Wildman–Crippen LogP) is 1.77. The molecule has 2 atom stereocenters. The van der Waals surface area contributed by atoms with E-state index in [0.29, 0.717) is 0 Å². The highest BCUT2D eigenvalue weighted by Crippen LogP contribution is 2.33. The van der Waals surface area contributed by atoms with Gasteiger partial charge in [0, 0.05) is 25.0 Å². The van der Waals surface area contributed by atoms with Gasteiger partial charge >= 0.3 is 5.97 Å². The van der Waals surface area contributed by atoms with Crippen LogP contribution >= 0.6 is 0 Å². The van der Waals surface area contributed by atoms with Crippen LogP contribution in [0.25, 0.3) is 0 Å². The molecule has 92 valence electrons. The highest BCUT2D eigenvalue weighted by atomic mass is 16.4. The number of carboxylic acids is 1. The Kier molecular flexibility index (Phi) is 3.74. The minimum absolute atomic E-state index is 0.184. The molecule has 0 amide bonds. The SMILES string of the molecule is CCN(Cc1ccncc1)C1CCC1C(=O)O. The quantitative estimate of drug-likeness (QED) is 0.843. The smallest absolute Gasteiger partial charge is 0.308 e. The molecule has 1 N–H and O–H groups in total. The van der Waals surface area contributed by atoms with Gasteiger partial charge in [0.05, 0.1) is 5.92 Å². The third-order valence-electron chi connectivity index (χ3n) is 3.57. The number of hydrogen-bond donors (Lipinski definition) is 1. The maximum atomic E-state index is 11.0. The van der Waals surface area contributed by atoms with E-state index in [1.54, 1.807) is 12.4 Å². The van der Waals surface area contributed by atoms with Crippen LogP contribution in [0.3, 0.4) is 0 Å². The molecule has 1 aliphatic rings. The lowest BCUT2D eigenvalue weighted by Gasteiger charge is -2.41. The lowest BCUT2D eigenvalue weighted by molar-refractivity contribution is -0.149. The minimum atomic E-state index is -0.658. The lowest BCUT2D eigenvalue weighted by atomic mass is 9.78. The van der Waals surface area contributed by atoms with Gasteiger partial charge in [-0.15, -0.1) is 0 Å². The molecule has 0 radical (unpaired) electrons. The monoisotopic (exact) mass is 234 g/mol. The first-order chi connectivity index (χ1) is 8.22. The fourth-order valence-corrected chi connectivity index (χ4v) is 2.39. The van der Waals surface area contributed by atoms with Crippen molar-refractivity contribution < 1.29 is 9.90 Å². The Balaban J connectivity index is 2.00. The summed E-state index contributed by atoms with van der Waals surface area (Å²) in [4.78, 5) is 17.3. The number of hydrogen-bond acceptors (Lipinski definition) is 3. The summed E-state index contributed by atoms with van der Waals surface area (Å²) >= 11 is 0. The zero-order valence-electron chi connectivity index (χ0n) is 10.0. The number of pyridine rings is 1. The van der Waals surface area contributed by atoms with Crippen LogP contribution in [-0.4, -0.2) is 33.5 Å². The molecule has 0 bridgehead atoms. The van der Waals surface area contributed by atoms with Gasteiger partial charge in [0.25, 0.3) is 0 Å². The molecule has 1 saturated carbocycles. The molecule has 1 aliphatic carbocycles. The van der Waals surface area contributed by atoms with Crippen molar-refractivity contribution in [3.63, 3.8) is 0 Å². The molecule has 1 aromatic heterocycles. The van der Waals surface area contributed by atoms with Gasteiger partial charge in [-0.25, -0.2) is 0 Å². The summed E-state index contributed by atoms with van der Waals surface area (Å²) in [5.74, 6) is -0.841. The predicted molar refractivity (Wildman–Crippen MR) is 64.5 cm³/mol. The molecule has 2 rings (SSSR count). The van der Waals surface area contributed by atoms with Crippen molar-refractivity contribution in [3.05, 3.63) is 30.1 Å². The van der Waals surface area contributed by atoms with Crippen molar-refractivity contribution in [2.24, 2.45) is 5.92 Å². The second kappa shape index (κ2) is 5.27. The Bertz CT molecular complexity index is 380. The summed E-state index contributed by atoms with van der Waals surface area (Å²) in [6.07, 6.45) is 5.36. The van der Waals surface area contributed by atoms with Gasteiger partial charge in [0.1, 0.15) is 0 Å². The van der Waals surface area contributed by atoms with Gasteiger partial charge in [-0.1, -0.05) is 6.92 Å². The molecular weight excluding hydrogens is 216 g/mol. The standard InChI is InChI=1S/C13H18N2O2/c1-2-15(9-10-5-7-14-8-6-10)12-4-3-11(12)13(16)17/h5-8,11-12H,2-4,9H2,1H3,(H,16,17). The van der Waals surface area contributed by atoms with Crippen molar-refractivity contribution in [2.45, 2.75) is 32.4 Å². The molecular formula is C13H18N2O2. The molecule has 2 unspecified atom stereocenters. The van der Waals surface area contributed by atoms with Crippen LogP contribution in [0, 0.1) is 5.92 Å². The summed E-state index contributed by atoms with van der Waals surface area (Å²) in [6.45, 7) is 3.78. The number of aliphatic carboxylic acids is 1. The summed E-state index contributed by atoms with van der Waals surface area (Å²) in [5.41, 5.74) is 1.19. The summed E-state index contributed by atoms with van der Waals surface area (Å²) < 4.78 is 0. The fourth-order valence-electron chi connectivity index (χ4n) is 2.39. The number of carboxylic acid groups (broad SMARTS) is 1. The Morgan fingerprint density at radius 3 is 2.65 bits per heavy atom. The number of nitrogens with zero attached hydrogens (tertiary/aromatic N) is 2. The Hall–Kier alpha value is -1.42. The van der Waals surface area contributed by atoms with Gasteiger partial charge in [0.15, 0.2) is 0 Å². The average Bonchev–Trinajstić information content (AvgIpc) is 2.27. The molecule has 4 nitrogen and oxygen atoms in total. The van der Waals surface area contributed by atoms with Crippen LogP contribution < -0.4 is 0 Å². The van der Waals surface area contributed by atoms with E-state index < -0.39 is 5.97 Å². The summed E-state index contributed by atoms with van der Waals surface area (Å²) in [5, 5.41) is 9.08. The maximum Gasteiger partial charge on any atom is 0.308 e. The highest BCUT2D eigenvalue weighted by Gasteiger charge is 2.39. The molecule has 4 heteroatoms. The van der Waals surface area contributed by atoms with E-state index in [4.69, 9.17) is 5.11 Å². The summed E-state index contributed by atoms with van der Waals surface area (Å²) in [6, 6.07) is 4.17. The van der Waals surface area contributed by atoms with Gasteiger partial charge in [0.2, 0.25) is 0 Å². The lowest BCUT2D eigenvalue weighted by Crippen LogP contribution is -2.49. The zero-order chi connectivity index (χ0) is 12.3. The molecule has 17 heavy (non-hydrogen) atoms. The van der Waals surface area contributed by atoms with Crippen molar-refractivity contribution >= 4 is 5.97 Å². The van der Waals surface area contributed by atoms with E-state index in [2.05, 4.69) is 16.8 Å². The van der Waals surface area contributed by atoms with E-state index in [-0.39, 0.29) is 12.0 Å². The third kappa shape index (κ3) is 2.64. The molecule has 1 fully saturated rings. The van der Waals surface area contributed by atoms with Crippen LogP contribution in [0.15, 0.2) is 24.5 Å². The Labute approximate surface area is 101 Å². The van der Waals surface area contributed by atoms with Crippen molar-refractivity contribution in [2.75, 3.05) is 6.54 Å². The highest BCUT2D eigenvalue weighted by molar-refractivity contribution is 5.72. The van der Waals surface area contributed by atoms with Crippen molar-refractivity contribution in [3.8, 4) is 0 Å². The van der Waals surface area contributed by atoms with E-state index in [1.165, 1.54) is 5.56 Å². The van der Waals surface area contributed by atoms with Crippen molar-refractivity contribution in [1.82, 2.24) is 9.88 Å². The van der Waals surface area contributed by atoms with E-state index in [1.807, 2.05) is 12.1 Å². The van der Waals surface area contributed by atoms with Gasteiger partial charge < -0.3 is 5.11 Å². The first-order valence-corrected chi connectivity index (χ1v) is 6.08. The normalized spacial score (nSPS) is 23.4. The minimum Gasteiger partial charge on any atom is -0.481 e. The van der Waals surface area contributed by atoms with Crippen LogP contribution in [0.1, 0.15) is 25.3 Å². The molecule has 0 aromatic carbocycles. The van der Waals surface area contributed by atoms with Gasteiger partial charge in [-0.3, -0.25) is 14.7 Å². The topological polar surface area (TPSA) is 53.4 Å². The Morgan fingerprint density at radius 2 is 2.18 bits per heavy atom. The fraction of sp³-hybridized carbons (Fsp3) is 0.538. The van der Waals surface area contributed by atoms with Gasteiger partial charge in [-0.2, -0.15) is 0 Å². The summed E-state index contributed by atoms with van der Waals surface area (Å²) in [7, 11) is 0. The number of aromatic nitrogens is 1. The maximum absolute atomic E-state index is 11.0. The van der Waals surface area contributed by atoms with Crippen LogP contribution in [0.2, 0.25) is 0 Å². The van der Waals surface area contributed by atoms with E-state index >= 15 is 0 Å². The average molecular weight is 234 g/mol. The second-order valence-electron chi connectivity index (χ2n) is 4.51. The van der Waals surface area contributed by atoms with E-state index in [9.17, 15) is 4.79 Å². The molecule has 1 heterocycles. The zero-order valence-corrected chi connectivity index (χ0v) is 10.0. The van der Waals surface area contributed by atoms with Crippen LogP contribution in [0.4, 0.5) is 0 Å². The Morgan fingerprint density at radius 1 is 1.47 bits per heavy atom. The van der Waals surface area contributed by atoms with Crippen LogP contribution in [0.5, 0.6) is 0 Å². The molecule has 0 aliphatic heterocycles. The number of carbonyl (C=O) groups is 1. The molecule has 0 spiro atoms. The largest absolute Gasteiger partial charge is 0.481 e. The van der Waals surface area contributed by atoms with E-state index in [0.717, 1.165) is 25.9 Å². The van der Waals surface area contributed by atoms with Gasteiger partial charge in [-0.05, 0) is 37.1 Å². The first-order valence-electron chi connectivity index (χ1n) is 6.08. The van der Waals surface area contributed by atoms with Crippen LogP contribution in [-0.2, 0) is 11.3 Å². The molecule has 0 saturated heterocycles. The van der Waals surface area contributed by atoms with Crippen molar-refractivity contribution in [1.29, 1.82) is 0 Å². The molecule has 1 aromatic rings. The second-order valence-corrected chi connectivity index (χ2v) is 4.51.